The summed E-state index contributed by atoms with van der Waals surface area (Å²) < 4.78 is 4.80. The number of ether oxygens (including phenoxy) is 1. The topological polar surface area (TPSA) is 29.5 Å². The third kappa shape index (κ3) is 2.06. The van der Waals surface area contributed by atoms with E-state index in [0.717, 1.165) is 16.7 Å². The van der Waals surface area contributed by atoms with Gasteiger partial charge in [0.1, 0.15) is 0 Å². The van der Waals surface area contributed by atoms with Crippen LogP contribution in [-0.2, 0) is 4.74 Å². The minimum absolute atomic E-state index is 0.802. The van der Waals surface area contributed by atoms with Gasteiger partial charge in [-0.15, -0.1) is 0 Å². The summed E-state index contributed by atoms with van der Waals surface area (Å²) in [6.45, 7) is 4.00. The molecule has 0 aliphatic heterocycles. The second-order valence-electron chi connectivity index (χ2n) is 3.01. The number of aryl methyl sites for hydroxylation is 2. The fourth-order valence-corrected chi connectivity index (χ4v) is 1.29. The van der Waals surface area contributed by atoms with Crippen molar-refractivity contribution in [2.75, 3.05) is 7.11 Å². The zero-order chi connectivity index (χ0) is 9.14. The van der Waals surface area contributed by atoms with Crippen molar-refractivity contribution in [3.8, 4) is 0 Å². The van der Waals surface area contributed by atoms with Gasteiger partial charge in [-0.05, 0) is 13.8 Å². The van der Waals surface area contributed by atoms with E-state index in [9.17, 15) is 5.11 Å². The van der Waals surface area contributed by atoms with Gasteiger partial charge in [0, 0.05) is 12.7 Å². The smallest absolute Gasteiger partial charge is 0.180 e. The van der Waals surface area contributed by atoms with Crippen LogP contribution in [-0.4, -0.2) is 12.2 Å². The molecule has 0 saturated heterocycles. The van der Waals surface area contributed by atoms with Gasteiger partial charge in [0.25, 0.3) is 0 Å². The van der Waals surface area contributed by atoms with Gasteiger partial charge in [0.2, 0.25) is 0 Å². The summed E-state index contributed by atoms with van der Waals surface area (Å²) in [4.78, 5) is 0. The Balaban J connectivity index is 3.00. The van der Waals surface area contributed by atoms with Crippen molar-refractivity contribution in [3.63, 3.8) is 0 Å². The molecule has 12 heavy (non-hydrogen) atoms. The van der Waals surface area contributed by atoms with E-state index < -0.39 is 6.29 Å². The molecule has 0 aliphatic rings. The SMILES string of the molecule is COC(O)c1cc(C)cc(C)c1. The van der Waals surface area contributed by atoms with Gasteiger partial charge in [0.15, 0.2) is 6.29 Å². The van der Waals surface area contributed by atoms with Crippen LogP contribution in [0.5, 0.6) is 0 Å². The molecule has 0 fully saturated rings. The maximum atomic E-state index is 9.36. The summed E-state index contributed by atoms with van der Waals surface area (Å²) in [5, 5.41) is 9.36. The Hall–Kier alpha value is -0.860. The van der Waals surface area contributed by atoms with Crippen molar-refractivity contribution in [2.45, 2.75) is 20.1 Å². The zero-order valence-electron chi connectivity index (χ0n) is 7.66. The van der Waals surface area contributed by atoms with E-state index >= 15 is 0 Å². The van der Waals surface area contributed by atoms with Crippen LogP contribution >= 0.6 is 0 Å². The number of hydrogen-bond donors (Lipinski definition) is 1. The molecular formula is C10H14O2. The average molecular weight is 166 g/mol. The number of aliphatic hydroxyl groups excluding tert-OH is 1. The number of rotatable bonds is 2. The highest BCUT2D eigenvalue weighted by molar-refractivity contribution is 5.29. The molecule has 0 spiro atoms. The molecule has 2 nitrogen and oxygen atoms in total. The molecule has 0 saturated carbocycles. The van der Waals surface area contributed by atoms with Crippen LogP contribution in [0.25, 0.3) is 0 Å². The summed E-state index contributed by atoms with van der Waals surface area (Å²) in [7, 11) is 1.49. The Labute approximate surface area is 72.8 Å². The molecule has 1 aromatic rings. The normalized spacial score (nSPS) is 13.0. The van der Waals surface area contributed by atoms with E-state index in [1.165, 1.54) is 7.11 Å². The molecule has 66 valence electrons. The summed E-state index contributed by atoms with van der Waals surface area (Å²) in [5.74, 6) is 0. The molecule has 0 amide bonds. The average Bonchev–Trinajstić information content (AvgIpc) is 2.01. The minimum Gasteiger partial charge on any atom is -0.364 e. The number of hydrogen-bond acceptors (Lipinski definition) is 2. The Kier molecular flexibility index (Phi) is 2.84. The molecule has 1 N–H and O–H groups in total. The summed E-state index contributed by atoms with van der Waals surface area (Å²) in [6, 6.07) is 5.90. The Morgan fingerprint density at radius 1 is 1.17 bits per heavy atom. The molecule has 0 heterocycles. The monoisotopic (exact) mass is 166 g/mol. The lowest BCUT2D eigenvalue weighted by Crippen LogP contribution is -2.00. The molecule has 1 unspecified atom stereocenters. The highest BCUT2D eigenvalue weighted by Crippen LogP contribution is 2.16. The standard InChI is InChI=1S/C10H14O2/c1-7-4-8(2)6-9(5-7)10(11)12-3/h4-6,10-11H,1-3H3. The summed E-state index contributed by atoms with van der Waals surface area (Å²) in [6.07, 6.45) is -0.802. The van der Waals surface area contributed by atoms with Crippen LogP contribution in [0.15, 0.2) is 18.2 Å². The molecule has 2 heteroatoms. The second-order valence-corrected chi connectivity index (χ2v) is 3.01. The van der Waals surface area contributed by atoms with Gasteiger partial charge in [-0.3, -0.25) is 0 Å². The van der Waals surface area contributed by atoms with Crippen molar-refractivity contribution < 1.29 is 9.84 Å². The van der Waals surface area contributed by atoms with E-state index in [-0.39, 0.29) is 0 Å². The predicted molar refractivity (Wildman–Crippen MR) is 47.9 cm³/mol. The first-order valence-corrected chi connectivity index (χ1v) is 3.92. The van der Waals surface area contributed by atoms with Crippen LogP contribution in [0, 0.1) is 13.8 Å². The van der Waals surface area contributed by atoms with Gasteiger partial charge in [0.05, 0.1) is 0 Å². The van der Waals surface area contributed by atoms with Crippen molar-refractivity contribution in [1.82, 2.24) is 0 Å². The first-order valence-electron chi connectivity index (χ1n) is 3.92. The van der Waals surface area contributed by atoms with Gasteiger partial charge in [-0.2, -0.15) is 0 Å². The zero-order valence-corrected chi connectivity index (χ0v) is 7.66. The Bertz CT molecular complexity index is 248. The van der Waals surface area contributed by atoms with Gasteiger partial charge >= 0.3 is 0 Å². The molecule has 1 aromatic carbocycles. The van der Waals surface area contributed by atoms with E-state index in [4.69, 9.17) is 4.74 Å². The van der Waals surface area contributed by atoms with Crippen molar-refractivity contribution in [3.05, 3.63) is 34.9 Å². The maximum absolute atomic E-state index is 9.36. The number of methoxy groups -OCH3 is 1. The van der Waals surface area contributed by atoms with E-state index in [2.05, 4.69) is 6.07 Å². The fourth-order valence-electron chi connectivity index (χ4n) is 1.29. The lowest BCUT2D eigenvalue weighted by Gasteiger charge is -2.10. The Morgan fingerprint density at radius 2 is 1.67 bits per heavy atom. The summed E-state index contributed by atoms with van der Waals surface area (Å²) >= 11 is 0. The predicted octanol–water partition coefficient (Wildman–Crippen LogP) is 1.94. The highest BCUT2D eigenvalue weighted by atomic mass is 16.6. The second kappa shape index (κ2) is 3.70. The molecule has 0 radical (unpaired) electrons. The van der Waals surface area contributed by atoms with Crippen molar-refractivity contribution in [2.24, 2.45) is 0 Å². The first-order chi connectivity index (χ1) is 5.63. The van der Waals surface area contributed by atoms with Crippen LogP contribution in [0.1, 0.15) is 23.0 Å². The third-order valence-corrected chi connectivity index (χ3v) is 1.75. The van der Waals surface area contributed by atoms with Crippen LogP contribution in [0.4, 0.5) is 0 Å². The number of benzene rings is 1. The van der Waals surface area contributed by atoms with Crippen LogP contribution in [0.3, 0.4) is 0 Å². The summed E-state index contributed by atoms with van der Waals surface area (Å²) in [5.41, 5.74) is 3.09. The fraction of sp³-hybridized carbons (Fsp3) is 0.400. The van der Waals surface area contributed by atoms with E-state index in [0.29, 0.717) is 0 Å². The van der Waals surface area contributed by atoms with Crippen molar-refractivity contribution in [1.29, 1.82) is 0 Å². The van der Waals surface area contributed by atoms with Crippen LogP contribution < -0.4 is 0 Å². The lowest BCUT2D eigenvalue weighted by atomic mass is 10.1. The molecule has 1 atom stereocenters. The van der Waals surface area contributed by atoms with Gasteiger partial charge < -0.3 is 9.84 Å². The van der Waals surface area contributed by atoms with Gasteiger partial charge in [-0.25, -0.2) is 0 Å². The molecule has 0 aromatic heterocycles. The molecular weight excluding hydrogens is 152 g/mol. The maximum Gasteiger partial charge on any atom is 0.180 e. The number of aliphatic hydroxyl groups is 1. The Morgan fingerprint density at radius 3 is 2.08 bits per heavy atom. The van der Waals surface area contributed by atoms with Crippen LogP contribution in [0.2, 0.25) is 0 Å². The molecule has 1 rings (SSSR count). The van der Waals surface area contributed by atoms with Gasteiger partial charge in [-0.1, -0.05) is 29.3 Å². The highest BCUT2D eigenvalue weighted by Gasteiger charge is 2.05. The molecule has 0 aliphatic carbocycles. The van der Waals surface area contributed by atoms with E-state index in [1.54, 1.807) is 0 Å². The third-order valence-electron chi connectivity index (χ3n) is 1.75. The van der Waals surface area contributed by atoms with E-state index in [1.807, 2.05) is 26.0 Å². The first kappa shape index (κ1) is 9.23. The largest absolute Gasteiger partial charge is 0.364 e. The quantitative estimate of drug-likeness (QED) is 0.680. The minimum atomic E-state index is -0.802. The lowest BCUT2D eigenvalue weighted by molar-refractivity contribution is -0.0770. The molecule has 0 bridgehead atoms. The van der Waals surface area contributed by atoms with Crippen molar-refractivity contribution >= 4 is 0 Å².